The highest BCUT2D eigenvalue weighted by atomic mass is 79.9. The smallest absolute Gasteiger partial charge is 0.338 e. The zero-order valence-corrected chi connectivity index (χ0v) is 20.3. The maximum Gasteiger partial charge on any atom is 0.338 e. The molecule has 0 radical (unpaired) electrons. The van der Waals surface area contributed by atoms with E-state index in [1.807, 2.05) is 19.1 Å². The fourth-order valence-electron chi connectivity index (χ4n) is 3.20. The highest BCUT2D eigenvalue weighted by Gasteiger charge is 2.29. The number of hydrogen-bond donors (Lipinski definition) is 0. The first-order chi connectivity index (χ1) is 15.9. The van der Waals surface area contributed by atoms with Crippen molar-refractivity contribution in [1.82, 2.24) is 0 Å². The topological polar surface area (TPSA) is 77.4 Å². The fourth-order valence-corrected chi connectivity index (χ4v) is 3.77. The van der Waals surface area contributed by atoms with Crippen LogP contribution in [-0.4, -0.2) is 37.4 Å². The maximum atomic E-state index is 13.1. The van der Waals surface area contributed by atoms with Crippen LogP contribution in [0.15, 0.2) is 64.2 Å². The van der Waals surface area contributed by atoms with Crippen molar-refractivity contribution in [1.29, 1.82) is 0 Å². The number of hydrazone groups is 1. The monoisotopic (exact) mass is 512 g/mol. The molecule has 1 amide bonds. The van der Waals surface area contributed by atoms with Gasteiger partial charge in [-0.25, -0.2) is 4.79 Å². The van der Waals surface area contributed by atoms with E-state index in [2.05, 4.69) is 27.6 Å². The Hall–Kier alpha value is -3.39. The number of nitrogens with zero attached hydrogens (tertiary/aromatic N) is 2. The van der Waals surface area contributed by atoms with Gasteiger partial charge in [-0.3, -0.25) is 4.79 Å². The number of esters is 1. The van der Waals surface area contributed by atoms with Gasteiger partial charge in [-0.05, 0) is 84.7 Å². The molecule has 8 heteroatoms. The molecule has 3 rings (SSSR count). The van der Waals surface area contributed by atoms with Gasteiger partial charge in [0, 0.05) is 0 Å². The average Bonchev–Trinajstić information content (AvgIpc) is 3.07. The molecule has 0 atom stereocenters. The van der Waals surface area contributed by atoms with Gasteiger partial charge < -0.3 is 14.2 Å². The number of hydrogen-bond acceptors (Lipinski definition) is 6. The second kappa shape index (κ2) is 11.0. The van der Waals surface area contributed by atoms with E-state index in [1.54, 1.807) is 50.3 Å². The van der Waals surface area contributed by atoms with E-state index < -0.39 is 5.97 Å². The third-order valence-electron chi connectivity index (χ3n) is 4.67. The van der Waals surface area contributed by atoms with Crippen LogP contribution in [0.25, 0.3) is 6.08 Å². The lowest BCUT2D eigenvalue weighted by Crippen LogP contribution is -2.21. The van der Waals surface area contributed by atoms with Gasteiger partial charge in [0.15, 0.2) is 11.5 Å². The minimum Gasteiger partial charge on any atom is -0.490 e. The molecule has 0 saturated heterocycles. The molecule has 2 aromatic carbocycles. The zero-order chi connectivity index (χ0) is 24.0. The van der Waals surface area contributed by atoms with E-state index in [-0.39, 0.29) is 5.91 Å². The van der Waals surface area contributed by atoms with Crippen molar-refractivity contribution in [2.75, 3.05) is 24.8 Å². The van der Waals surface area contributed by atoms with Crippen LogP contribution < -0.4 is 14.5 Å². The molecular weight excluding hydrogens is 488 g/mol. The molecule has 0 saturated carbocycles. The van der Waals surface area contributed by atoms with Gasteiger partial charge in [0.1, 0.15) is 6.61 Å². The van der Waals surface area contributed by atoms with Gasteiger partial charge in [0.05, 0.1) is 40.2 Å². The lowest BCUT2D eigenvalue weighted by molar-refractivity contribution is -0.114. The fraction of sp³-hybridized carbons (Fsp3) is 0.240. The molecule has 172 valence electrons. The van der Waals surface area contributed by atoms with Crippen LogP contribution in [0, 0.1) is 0 Å². The molecular formula is C25H25BrN2O5. The number of anilines is 1. The molecule has 0 aromatic heterocycles. The highest BCUT2D eigenvalue weighted by molar-refractivity contribution is 9.10. The molecule has 0 N–H and O–H groups in total. The Labute approximate surface area is 201 Å². The standard InChI is InChI=1S/C25H25BrN2O5/c1-5-12-33-23-21(26)14-17(15-22(23)31-6-2)13-20-16(4)27-28(24(20)29)19-10-8-18(9-11-19)25(30)32-7-3/h5,8-11,13-15H,1,6-7,12H2,2-4H3/b20-13-. The van der Waals surface area contributed by atoms with Crippen LogP contribution in [0.4, 0.5) is 5.69 Å². The van der Waals surface area contributed by atoms with Gasteiger partial charge >= 0.3 is 5.97 Å². The molecule has 1 heterocycles. The van der Waals surface area contributed by atoms with E-state index >= 15 is 0 Å². The highest BCUT2D eigenvalue weighted by Crippen LogP contribution is 2.38. The van der Waals surface area contributed by atoms with Gasteiger partial charge in [0.2, 0.25) is 0 Å². The van der Waals surface area contributed by atoms with Crippen LogP contribution >= 0.6 is 15.9 Å². The molecule has 1 aliphatic rings. The molecule has 7 nitrogen and oxygen atoms in total. The van der Waals surface area contributed by atoms with Gasteiger partial charge in [-0.2, -0.15) is 10.1 Å². The number of halogens is 1. The lowest BCUT2D eigenvalue weighted by Gasteiger charge is -2.14. The Kier molecular flexibility index (Phi) is 8.06. The first-order valence-electron chi connectivity index (χ1n) is 10.5. The third kappa shape index (κ3) is 5.51. The Morgan fingerprint density at radius 2 is 1.88 bits per heavy atom. The molecule has 1 aliphatic heterocycles. The van der Waals surface area contributed by atoms with Crippen molar-refractivity contribution in [3.05, 3.63) is 70.2 Å². The van der Waals surface area contributed by atoms with Gasteiger partial charge in [-0.15, -0.1) is 0 Å². The number of carbonyl (C=O) groups is 2. The summed E-state index contributed by atoms with van der Waals surface area (Å²) in [5.74, 6) is 0.461. The summed E-state index contributed by atoms with van der Waals surface area (Å²) in [4.78, 5) is 25.0. The minimum atomic E-state index is -0.409. The van der Waals surface area contributed by atoms with Crippen LogP contribution in [0.2, 0.25) is 0 Å². The summed E-state index contributed by atoms with van der Waals surface area (Å²) >= 11 is 3.52. The van der Waals surface area contributed by atoms with Crippen molar-refractivity contribution in [3.8, 4) is 11.5 Å². The number of amides is 1. The summed E-state index contributed by atoms with van der Waals surface area (Å²) in [5.41, 5.74) is 2.76. The van der Waals surface area contributed by atoms with Crippen molar-refractivity contribution < 1.29 is 23.8 Å². The second-order valence-corrected chi connectivity index (χ2v) is 7.84. The summed E-state index contributed by atoms with van der Waals surface area (Å²) in [6.45, 7) is 10.2. The van der Waals surface area contributed by atoms with Crippen molar-refractivity contribution in [3.63, 3.8) is 0 Å². The lowest BCUT2D eigenvalue weighted by atomic mass is 10.1. The quantitative estimate of drug-likeness (QED) is 0.255. The van der Waals surface area contributed by atoms with E-state index in [1.165, 1.54) is 5.01 Å². The largest absolute Gasteiger partial charge is 0.490 e. The van der Waals surface area contributed by atoms with E-state index in [9.17, 15) is 9.59 Å². The first-order valence-corrected chi connectivity index (χ1v) is 11.3. The Morgan fingerprint density at radius 3 is 2.52 bits per heavy atom. The summed E-state index contributed by atoms with van der Waals surface area (Å²) in [5, 5.41) is 5.72. The Balaban J connectivity index is 1.88. The first kappa shape index (κ1) is 24.3. The number of ether oxygens (including phenoxy) is 3. The van der Waals surface area contributed by atoms with Gasteiger partial charge in [0.25, 0.3) is 5.91 Å². The van der Waals surface area contributed by atoms with E-state index in [4.69, 9.17) is 14.2 Å². The van der Waals surface area contributed by atoms with Crippen molar-refractivity contribution in [2.45, 2.75) is 20.8 Å². The van der Waals surface area contributed by atoms with Gasteiger partial charge in [-0.1, -0.05) is 12.7 Å². The normalized spacial score (nSPS) is 14.3. The maximum absolute atomic E-state index is 13.1. The molecule has 0 fully saturated rings. The predicted octanol–water partition coefficient (Wildman–Crippen LogP) is 5.40. The molecule has 0 unspecified atom stereocenters. The Morgan fingerprint density at radius 1 is 1.15 bits per heavy atom. The molecule has 0 bridgehead atoms. The minimum absolute atomic E-state index is 0.266. The van der Waals surface area contributed by atoms with Crippen LogP contribution in [-0.2, 0) is 9.53 Å². The average molecular weight is 513 g/mol. The molecule has 0 spiro atoms. The van der Waals surface area contributed by atoms with Crippen LogP contribution in [0.3, 0.4) is 0 Å². The van der Waals surface area contributed by atoms with Crippen LogP contribution in [0.1, 0.15) is 36.7 Å². The molecule has 33 heavy (non-hydrogen) atoms. The van der Waals surface area contributed by atoms with E-state index in [0.717, 1.165) is 5.56 Å². The zero-order valence-electron chi connectivity index (χ0n) is 18.8. The summed E-state index contributed by atoms with van der Waals surface area (Å²) in [6.07, 6.45) is 3.42. The number of carbonyl (C=O) groups excluding carboxylic acids is 2. The summed E-state index contributed by atoms with van der Waals surface area (Å²) < 4.78 is 17.1. The van der Waals surface area contributed by atoms with Crippen molar-refractivity contribution in [2.24, 2.45) is 5.10 Å². The summed E-state index contributed by atoms with van der Waals surface area (Å²) in [6, 6.07) is 10.2. The Bertz CT molecular complexity index is 1120. The third-order valence-corrected chi connectivity index (χ3v) is 5.26. The molecule has 2 aromatic rings. The second-order valence-electron chi connectivity index (χ2n) is 6.99. The van der Waals surface area contributed by atoms with E-state index in [0.29, 0.717) is 58.3 Å². The SMILES string of the molecule is C=CCOc1c(Br)cc(/C=C2\C(=O)N(c3ccc(C(=O)OCC)cc3)N=C2C)cc1OCC. The van der Waals surface area contributed by atoms with Crippen molar-refractivity contribution >= 4 is 45.3 Å². The summed E-state index contributed by atoms with van der Waals surface area (Å²) in [7, 11) is 0. The molecule has 0 aliphatic carbocycles. The number of benzene rings is 2. The predicted molar refractivity (Wildman–Crippen MR) is 132 cm³/mol. The van der Waals surface area contributed by atoms with Crippen LogP contribution in [0.5, 0.6) is 11.5 Å². The number of rotatable bonds is 9.